The number of carbonyl (C=O) groups is 2. The van der Waals surface area contributed by atoms with Crippen LogP contribution >= 0.6 is 0 Å². The van der Waals surface area contributed by atoms with Gasteiger partial charge in [0.1, 0.15) is 6.23 Å². The fourth-order valence-corrected chi connectivity index (χ4v) is 2.11. The molecular weight excluding hydrogens is 244 g/mol. The second kappa shape index (κ2) is 6.52. The van der Waals surface area contributed by atoms with Gasteiger partial charge in [0.05, 0.1) is 0 Å². The summed E-state index contributed by atoms with van der Waals surface area (Å²) < 4.78 is 5.01. The number of hydrogen-bond acceptors (Lipinski definition) is 4. The molecule has 19 heavy (non-hydrogen) atoms. The molecule has 1 aliphatic rings. The van der Waals surface area contributed by atoms with Crippen LogP contribution < -0.4 is 5.73 Å². The van der Waals surface area contributed by atoms with Crippen LogP contribution in [0.25, 0.3) is 0 Å². The van der Waals surface area contributed by atoms with Crippen LogP contribution in [0.1, 0.15) is 33.6 Å². The van der Waals surface area contributed by atoms with E-state index < -0.39 is 12.2 Å². The van der Waals surface area contributed by atoms with E-state index in [0.29, 0.717) is 18.5 Å². The predicted octanol–water partition coefficient (Wildman–Crippen LogP) is 1.55. The van der Waals surface area contributed by atoms with Crippen LogP contribution in [0.3, 0.4) is 0 Å². The van der Waals surface area contributed by atoms with E-state index in [4.69, 9.17) is 10.5 Å². The first-order valence-corrected chi connectivity index (χ1v) is 6.42. The van der Waals surface area contributed by atoms with E-state index >= 15 is 0 Å². The highest BCUT2D eigenvalue weighted by atomic mass is 16.6. The van der Waals surface area contributed by atoms with Gasteiger partial charge in [0.2, 0.25) is 5.91 Å². The summed E-state index contributed by atoms with van der Waals surface area (Å²) in [5.74, 6) is -0.592. The maximum absolute atomic E-state index is 12.0. The third-order valence-electron chi connectivity index (χ3n) is 3.16. The second-order valence-corrected chi connectivity index (χ2v) is 4.99. The van der Waals surface area contributed by atoms with E-state index in [9.17, 15) is 9.59 Å². The zero-order valence-corrected chi connectivity index (χ0v) is 11.8. The van der Waals surface area contributed by atoms with Crippen LogP contribution in [0.15, 0.2) is 23.9 Å². The van der Waals surface area contributed by atoms with Crippen molar-refractivity contribution < 1.29 is 14.3 Å². The van der Waals surface area contributed by atoms with Gasteiger partial charge in [-0.15, -0.1) is 0 Å². The number of nitrogens with two attached hydrogens (primary N) is 1. The molecule has 2 N–H and O–H groups in total. The molecule has 5 nitrogen and oxygen atoms in total. The fraction of sp³-hybridized carbons (Fsp3) is 0.571. The number of ether oxygens (including phenoxy) is 1. The summed E-state index contributed by atoms with van der Waals surface area (Å²) in [5.41, 5.74) is 6.86. The minimum Gasteiger partial charge on any atom is -0.444 e. The molecule has 0 aliphatic carbocycles. The van der Waals surface area contributed by atoms with Gasteiger partial charge in [-0.2, -0.15) is 0 Å². The highest BCUT2D eigenvalue weighted by molar-refractivity contribution is 5.91. The molecule has 5 heteroatoms. The van der Waals surface area contributed by atoms with E-state index in [1.54, 1.807) is 11.8 Å². The van der Waals surface area contributed by atoms with Gasteiger partial charge in [0.25, 0.3) is 0 Å². The Bertz CT molecular complexity index is 409. The lowest BCUT2D eigenvalue weighted by Crippen LogP contribution is -2.27. The predicted molar refractivity (Wildman–Crippen MR) is 72.7 cm³/mol. The smallest absolute Gasteiger partial charge is 0.335 e. The number of rotatable bonds is 5. The number of carbonyl (C=O) groups excluding carboxylic acids is 2. The van der Waals surface area contributed by atoms with Crippen molar-refractivity contribution in [3.05, 3.63) is 23.9 Å². The molecule has 0 saturated carbocycles. The summed E-state index contributed by atoms with van der Waals surface area (Å²) in [6.07, 6.45) is 2.01. The first-order valence-electron chi connectivity index (χ1n) is 6.42. The van der Waals surface area contributed by atoms with Crippen molar-refractivity contribution in [3.8, 4) is 0 Å². The molecule has 1 heterocycles. The van der Waals surface area contributed by atoms with Crippen LogP contribution in [0, 0.1) is 5.92 Å². The van der Waals surface area contributed by atoms with Gasteiger partial charge in [-0.25, -0.2) is 4.79 Å². The maximum Gasteiger partial charge on any atom is 0.335 e. The van der Waals surface area contributed by atoms with E-state index in [0.717, 1.165) is 12.0 Å². The number of likely N-dealkylation sites (tertiary alicyclic amines) is 1. The molecule has 0 aromatic rings. The quantitative estimate of drug-likeness (QED) is 0.465. The Kier molecular flexibility index (Phi) is 5.30. The minimum atomic E-state index is -0.647. The van der Waals surface area contributed by atoms with E-state index in [1.807, 2.05) is 13.8 Å². The molecule has 106 valence electrons. The van der Waals surface area contributed by atoms with Crippen molar-refractivity contribution >= 4 is 11.9 Å². The number of hydrogen-bond donors (Lipinski definition) is 1. The highest BCUT2D eigenvalue weighted by Gasteiger charge is 2.32. The maximum atomic E-state index is 12.0. The lowest BCUT2D eigenvalue weighted by molar-refractivity contribution is -0.143. The standard InChI is InChI=1S/C14H22N2O3/c1-5-16-7-6-11(13(16)17)8-12(9(2)3)14(18)19-10(4)15/h5,10-11H,1,6-8,15H2,2-4H3. The Morgan fingerprint density at radius 3 is 2.68 bits per heavy atom. The van der Waals surface area contributed by atoms with Gasteiger partial charge >= 0.3 is 5.97 Å². The molecule has 1 fully saturated rings. The largest absolute Gasteiger partial charge is 0.444 e. The Morgan fingerprint density at radius 1 is 1.63 bits per heavy atom. The van der Waals surface area contributed by atoms with E-state index in [1.165, 1.54) is 6.20 Å². The number of amides is 1. The fourth-order valence-electron chi connectivity index (χ4n) is 2.11. The summed E-state index contributed by atoms with van der Waals surface area (Å²) in [4.78, 5) is 25.5. The third-order valence-corrected chi connectivity index (χ3v) is 3.16. The molecule has 0 spiro atoms. The summed E-state index contributed by atoms with van der Waals surface area (Å²) in [7, 11) is 0. The van der Waals surface area contributed by atoms with Gasteiger partial charge in [0, 0.05) is 18.0 Å². The lowest BCUT2D eigenvalue weighted by atomic mass is 9.95. The van der Waals surface area contributed by atoms with Crippen LogP contribution in [0.4, 0.5) is 0 Å². The van der Waals surface area contributed by atoms with Gasteiger partial charge < -0.3 is 9.64 Å². The van der Waals surface area contributed by atoms with Crippen LogP contribution in [0.2, 0.25) is 0 Å². The average molecular weight is 266 g/mol. The first kappa shape index (κ1) is 15.4. The van der Waals surface area contributed by atoms with Crippen molar-refractivity contribution in [1.29, 1.82) is 0 Å². The molecule has 0 bridgehead atoms. The average Bonchev–Trinajstić information content (AvgIpc) is 2.65. The molecule has 0 aromatic carbocycles. The van der Waals surface area contributed by atoms with Crippen LogP contribution in [-0.2, 0) is 14.3 Å². The number of nitrogens with zero attached hydrogens (tertiary/aromatic N) is 1. The molecule has 1 saturated heterocycles. The summed E-state index contributed by atoms with van der Waals surface area (Å²) in [5, 5.41) is 0. The van der Waals surface area contributed by atoms with Gasteiger partial charge in [-0.1, -0.05) is 12.2 Å². The Hall–Kier alpha value is -1.62. The second-order valence-electron chi connectivity index (χ2n) is 4.99. The normalized spacial score (nSPS) is 20.1. The molecule has 1 aliphatic heterocycles. The Labute approximate surface area is 114 Å². The molecule has 1 rings (SSSR count). The summed E-state index contributed by atoms with van der Waals surface area (Å²) in [6, 6.07) is 0. The van der Waals surface area contributed by atoms with Crippen molar-refractivity contribution in [2.45, 2.75) is 39.8 Å². The van der Waals surface area contributed by atoms with E-state index in [-0.39, 0.29) is 11.8 Å². The zero-order chi connectivity index (χ0) is 14.6. The van der Waals surface area contributed by atoms with Gasteiger partial charge in [-0.3, -0.25) is 10.5 Å². The zero-order valence-electron chi connectivity index (χ0n) is 11.8. The third kappa shape index (κ3) is 3.92. The van der Waals surface area contributed by atoms with Crippen molar-refractivity contribution in [2.24, 2.45) is 11.7 Å². The van der Waals surface area contributed by atoms with Gasteiger partial charge in [0.15, 0.2) is 0 Å². The monoisotopic (exact) mass is 266 g/mol. The van der Waals surface area contributed by atoms with Crippen molar-refractivity contribution in [2.75, 3.05) is 6.54 Å². The Balaban J connectivity index is 2.77. The first-order chi connectivity index (χ1) is 8.86. The highest BCUT2D eigenvalue weighted by Crippen LogP contribution is 2.27. The topological polar surface area (TPSA) is 72.6 Å². The van der Waals surface area contributed by atoms with Crippen molar-refractivity contribution in [3.63, 3.8) is 0 Å². The van der Waals surface area contributed by atoms with E-state index in [2.05, 4.69) is 6.58 Å². The lowest BCUT2D eigenvalue weighted by Gasteiger charge is -2.15. The van der Waals surface area contributed by atoms with Crippen LogP contribution in [-0.4, -0.2) is 29.5 Å². The Morgan fingerprint density at radius 2 is 2.26 bits per heavy atom. The van der Waals surface area contributed by atoms with Gasteiger partial charge in [-0.05, 0) is 39.8 Å². The summed E-state index contributed by atoms with van der Waals surface area (Å²) in [6.45, 7) is 9.53. The molecule has 1 amide bonds. The van der Waals surface area contributed by atoms with Crippen LogP contribution in [0.5, 0.6) is 0 Å². The minimum absolute atomic E-state index is 0.0161. The molecule has 2 atom stereocenters. The molecule has 2 unspecified atom stereocenters. The number of esters is 1. The molecule has 0 radical (unpaired) electrons. The number of allylic oxidation sites excluding steroid dienone is 1. The molecule has 0 aromatic heterocycles. The summed E-state index contributed by atoms with van der Waals surface area (Å²) >= 11 is 0. The SMILES string of the molecule is C=CN1CCC(CC(C(=O)OC(C)N)=C(C)C)C1=O. The van der Waals surface area contributed by atoms with Crippen molar-refractivity contribution in [1.82, 2.24) is 4.90 Å². The molecular formula is C14H22N2O3.